The third-order valence-electron chi connectivity index (χ3n) is 0. The SMILES string of the molecule is O.O.O.O.O.O.[Cl-].[Cl-].[Cl][Pt][Cl].[Na+].[Na+]. The first kappa shape index (κ1) is 129. The van der Waals surface area contributed by atoms with Gasteiger partial charge in [-0.25, -0.2) is 0 Å². The van der Waals surface area contributed by atoms with Crippen molar-refractivity contribution in [3.05, 3.63) is 0 Å². The van der Waals surface area contributed by atoms with Crippen LogP contribution in [0.25, 0.3) is 0 Å². The van der Waals surface area contributed by atoms with E-state index in [0.717, 1.165) is 0 Å². The molecule has 0 amide bonds. The summed E-state index contributed by atoms with van der Waals surface area (Å²) in [5.41, 5.74) is 0. The van der Waals surface area contributed by atoms with E-state index >= 15 is 0 Å². The second-order valence-corrected chi connectivity index (χ2v) is 3.33. The van der Waals surface area contributed by atoms with Crippen LogP contribution in [0.4, 0.5) is 0 Å². The van der Waals surface area contributed by atoms with Crippen LogP contribution in [0.3, 0.4) is 0 Å². The standard InChI is InChI=1S/4ClH.2Na.6H2O.Pt/h4*1H;;;6*1H2;/q;;;;2*+1;;;;;;;+2/p-4. The maximum Gasteiger partial charge on any atom is 1.00 e. The van der Waals surface area contributed by atoms with E-state index in [9.17, 15) is 0 Å². The van der Waals surface area contributed by atoms with Gasteiger partial charge in [0, 0.05) is 0 Å². The summed E-state index contributed by atoms with van der Waals surface area (Å²) in [5, 5.41) is 0. The quantitative estimate of drug-likeness (QED) is 0.292. The van der Waals surface area contributed by atoms with Crippen LogP contribution in [-0.2, 0) is 16.5 Å². The molecule has 88 valence electrons. The second-order valence-electron chi connectivity index (χ2n) is 0.0452. The summed E-state index contributed by atoms with van der Waals surface area (Å²) in [4.78, 5) is 0. The Morgan fingerprint density at radius 1 is 0.538 bits per heavy atom. The zero-order chi connectivity index (χ0) is 2.71. The molecule has 0 bridgehead atoms. The molecule has 0 rings (SSSR count). The van der Waals surface area contributed by atoms with Crippen molar-refractivity contribution in [1.29, 1.82) is 0 Å². The van der Waals surface area contributed by atoms with Gasteiger partial charge in [0.15, 0.2) is 0 Å². The average Bonchev–Trinajstić information content (AvgIpc) is 0.918. The molecule has 0 radical (unpaired) electrons. The van der Waals surface area contributed by atoms with Crippen molar-refractivity contribution >= 4 is 18.8 Å². The predicted molar refractivity (Wildman–Crippen MR) is 33.4 cm³/mol. The van der Waals surface area contributed by atoms with Crippen molar-refractivity contribution in [3.63, 3.8) is 0 Å². The van der Waals surface area contributed by atoms with Gasteiger partial charge in [0.05, 0.1) is 0 Å². The molecule has 0 aromatic carbocycles. The summed E-state index contributed by atoms with van der Waals surface area (Å²) < 4.78 is 0. The fourth-order valence-electron chi connectivity index (χ4n) is 0. The topological polar surface area (TPSA) is 189 Å². The molecule has 13 heteroatoms. The summed E-state index contributed by atoms with van der Waals surface area (Å²) in [6.45, 7) is 0. The van der Waals surface area contributed by atoms with Gasteiger partial charge in [-0.3, -0.25) is 0 Å². The molecule has 0 heterocycles. The van der Waals surface area contributed by atoms with Crippen molar-refractivity contribution in [3.8, 4) is 0 Å². The van der Waals surface area contributed by atoms with Gasteiger partial charge in [0.25, 0.3) is 0 Å². The van der Waals surface area contributed by atoms with E-state index < -0.39 is 16.5 Å². The Balaban J connectivity index is -0.000000000444. The van der Waals surface area contributed by atoms with Crippen LogP contribution in [0.15, 0.2) is 0 Å². The molecule has 0 fully saturated rings. The second kappa shape index (κ2) is 157. The maximum absolute atomic E-state index is 4.88. The largest absolute Gasteiger partial charge is 1.00 e. The molecular formula is H12Cl4Na2O6Pt. The maximum atomic E-state index is 4.88. The number of rotatable bonds is 0. The van der Waals surface area contributed by atoms with E-state index in [0.29, 0.717) is 0 Å². The zero-order valence-corrected chi connectivity index (χ0v) is 16.1. The van der Waals surface area contributed by atoms with Crippen LogP contribution in [-0.4, -0.2) is 32.9 Å². The summed E-state index contributed by atoms with van der Waals surface area (Å²) >= 11 is -0.472. The fraction of sp³-hybridized carbons (Fsp3) is 0. The van der Waals surface area contributed by atoms with Gasteiger partial charge in [0.2, 0.25) is 0 Å². The van der Waals surface area contributed by atoms with Crippen LogP contribution in [0.1, 0.15) is 0 Å². The van der Waals surface area contributed by atoms with Crippen molar-refractivity contribution in [1.82, 2.24) is 0 Å². The Kier molecular flexibility index (Phi) is 1550. The van der Waals surface area contributed by atoms with Crippen molar-refractivity contribution < 1.29 is 133 Å². The summed E-state index contributed by atoms with van der Waals surface area (Å²) in [6, 6.07) is 0. The van der Waals surface area contributed by atoms with Crippen molar-refractivity contribution in [2.45, 2.75) is 0 Å². The first-order chi connectivity index (χ1) is 1.41. The first-order valence-corrected chi connectivity index (χ1v) is 5.87. The monoisotopic (exact) mass is 489 g/mol. The molecule has 0 aliphatic heterocycles. The Labute approximate surface area is 150 Å². The minimum Gasteiger partial charge on any atom is 1.00 e. The van der Waals surface area contributed by atoms with Gasteiger partial charge in [-0.15, -0.1) is 0 Å². The van der Waals surface area contributed by atoms with E-state index in [-0.39, 0.29) is 117 Å². The van der Waals surface area contributed by atoms with Gasteiger partial charge in [-0.05, 0) is 0 Å². The normalized spacial score (nSPS) is 1.69. The molecule has 0 atom stereocenters. The van der Waals surface area contributed by atoms with Gasteiger partial charge in [-0.2, -0.15) is 0 Å². The molecule has 6 nitrogen and oxygen atoms in total. The Bertz CT molecular complexity index is 22.6. The molecule has 0 saturated heterocycles. The third-order valence-corrected chi connectivity index (χ3v) is 0. The number of hydrogen-bond acceptors (Lipinski definition) is 0. The molecule has 0 spiro atoms. The van der Waals surface area contributed by atoms with Gasteiger partial charge >= 0.3 is 94.4 Å². The molecule has 13 heavy (non-hydrogen) atoms. The van der Waals surface area contributed by atoms with E-state index in [1.54, 1.807) is 0 Å². The smallest absolute Gasteiger partial charge is 1.00 e. The van der Waals surface area contributed by atoms with Crippen molar-refractivity contribution in [2.75, 3.05) is 0 Å². The van der Waals surface area contributed by atoms with Crippen molar-refractivity contribution in [2.24, 2.45) is 0 Å². The van der Waals surface area contributed by atoms with Crippen LogP contribution >= 0.6 is 18.8 Å². The molecule has 0 unspecified atom stereocenters. The molecule has 0 aromatic rings. The van der Waals surface area contributed by atoms with Crippen LogP contribution in [0, 0.1) is 0 Å². The van der Waals surface area contributed by atoms with Gasteiger partial charge in [0.1, 0.15) is 0 Å². The summed E-state index contributed by atoms with van der Waals surface area (Å²) in [5.74, 6) is 0. The minimum atomic E-state index is -0.472. The average molecular weight is 491 g/mol. The molecule has 0 aliphatic carbocycles. The Hall–Kier alpha value is 3.61. The summed E-state index contributed by atoms with van der Waals surface area (Å²) in [6.07, 6.45) is 0. The Morgan fingerprint density at radius 3 is 0.538 bits per heavy atom. The summed E-state index contributed by atoms with van der Waals surface area (Å²) in [7, 11) is 9.75. The van der Waals surface area contributed by atoms with Crippen LogP contribution < -0.4 is 83.9 Å². The number of halogens is 4. The third kappa shape index (κ3) is 222. The predicted octanol–water partition coefficient (Wildman–Crippen LogP) is -15.6. The van der Waals surface area contributed by atoms with Crippen LogP contribution in [0.2, 0.25) is 0 Å². The molecule has 0 saturated carbocycles. The Morgan fingerprint density at radius 2 is 0.538 bits per heavy atom. The fourth-order valence-corrected chi connectivity index (χ4v) is 0. The first-order valence-electron chi connectivity index (χ1n) is 0.239. The zero-order valence-electron chi connectivity index (χ0n) is 6.83. The minimum absolute atomic E-state index is 0. The number of hydrogen-bond donors (Lipinski definition) is 0. The molecule has 12 N–H and O–H groups in total. The van der Waals surface area contributed by atoms with E-state index in [1.807, 2.05) is 0 Å². The van der Waals surface area contributed by atoms with E-state index in [4.69, 9.17) is 18.8 Å². The van der Waals surface area contributed by atoms with E-state index in [1.165, 1.54) is 0 Å². The van der Waals surface area contributed by atoms with Gasteiger partial charge < -0.3 is 57.7 Å². The molecule has 0 aromatic heterocycles. The van der Waals surface area contributed by atoms with Gasteiger partial charge in [-0.1, -0.05) is 0 Å². The van der Waals surface area contributed by atoms with Crippen LogP contribution in [0.5, 0.6) is 0 Å². The van der Waals surface area contributed by atoms with E-state index in [2.05, 4.69) is 0 Å². The molecule has 0 aliphatic rings. The molecular weight excluding hydrogens is 479 g/mol.